The molecule has 0 radical (unpaired) electrons. The van der Waals surface area contributed by atoms with E-state index in [9.17, 15) is 24.0 Å². The van der Waals surface area contributed by atoms with Crippen molar-refractivity contribution >= 4 is 35.3 Å². The van der Waals surface area contributed by atoms with E-state index in [0.717, 1.165) is 11.3 Å². The number of nitrogens with zero attached hydrogens (tertiary/aromatic N) is 3. The number of carbonyl (C=O) groups excluding carboxylic acids is 5. The summed E-state index contributed by atoms with van der Waals surface area (Å²) in [7, 11) is 3.82. The molecule has 11 nitrogen and oxygen atoms in total. The molecule has 1 unspecified atom stereocenters. The van der Waals surface area contributed by atoms with Gasteiger partial charge in [0.25, 0.3) is 5.91 Å². The fourth-order valence-electron chi connectivity index (χ4n) is 5.99. The lowest BCUT2D eigenvalue weighted by molar-refractivity contribution is -0.138. The van der Waals surface area contributed by atoms with E-state index in [-0.39, 0.29) is 55.0 Å². The highest BCUT2D eigenvalue weighted by molar-refractivity contribution is 6.01. The lowest BCUT2D eigenvalue weighted by Gasteiger charge is -2.30. The number of ether oxygens (including phenoxy) is 1. The van der Waals surface area contributed by atoms with E-state index in [1.54, 1.807) is 12.1 Å². The van der Waals surface area contributed by atoms with Gasteiger partial charge < -0.3 is 30.1 Å². The molecule has 11 heteroatoms. The third-order valence-corrected chi connectivity index (χ3v) is 8.36. The van der Waals surface area contributed by atoms with Gasteiger partial charge in [0.1, 0.15) is 24.7 Å². The number of hydrogen-bond donors (Lipinski definition) is 2. The molecule has 0 aromatic heterocycles. The molecule has 0 saturated carbocycles. The van der Waals surface area contributed by atoms with Crippen LogP contribution in [0.1, 0.15) is 56.5 Å². The van der Waals surface area contributed by atoms with Gasteiger partial charge in [-0.15, -0.1) is 0 Å². The second kappa shape index (κ2) is 14.6. The van der Waals surface area contributed by atoms with Crippen molar-refractivity contribution in [1.82, 2.24) is 20.4 Å². The smallest absolute Gasteiger partial charge is 0.408 e. The Balaban J connectivity index is 1.43. The Labute approximate surface area is 265 Å². The molecule has 2 fully saturated rings. The minimum absolute atomic E-state index is 0.0606. The van der Waals surface area contributed by atoms with E-state index in [4.69, 9.17) is 4.74 Å². The topological polar surface area (TPSA) is 128 Å². The monoisotopic (exact) mass is 619 g/mol. The summed E-state index contributed by atoms with van der Waals surface area (Å²) < 4.78 is 5.34. The number of amides is 4. The molecule has 2 aliphatic heterocycles. The van der Waals surface area contributed by atoms with Crippen molar-refractivity contribution in [2.24, 2.45) is 11.8 Å². The quantitative estimate of drug-likeness (QED) is 0.395. The molecule has 45 heavy (non-hydrogen) atoms. The molecule has 2 aromatic rings. The van der Waals surface area contributed by atoms with Crippen molar-refractivity contribution in [3.8, 4) is 0 Å². The van der Waals surface area contributed by atoms with Crippen LogP contribution in [0, 0.1) is 11.8 Å². The van der Waals surface area contributed by atoms with Crippen LogP contribution in [-0.4, -0.2) is 90.8 Å². The number of nitrogens with one attached hydrogen (secondary N) is 2. The van der Waals surface area contributed by atoms with Crippen molar-refractivity contribution in [2.45, 2.75) is 71.3 Å². The average molecular weight is 620 g/mol. The summed E-state index contributed by atoms with van der Waals surface area (Å²) in [5.74, 6) is -1.49. The maximum atomic E-state index is 13.9. The Hall–Kier alpha value is -4.41. The third-order valence-electron chi connectivity index (χ3n) is 8.36. The number of alkyl carbamates (subject to hydrolysis) is 1. The molecule has 242 valence electrons. The summed E-state index contributed by atoms with van der Waals surface area (Å²) in [5, 5.41) is 5.58. The number of fused-ring (bicyclic) bond motifs is 1. The first-order chi connectivity index (χ1) is 21.4. The number of rotatable bonds is 11. The van der Waals surface area contributed by atoms with Crippen LogP contribution in [0.2, 0.25) is 0 Å². The molecule has 2 heterocycles. The molecular formula is C34H45N5O6. The van der Waals surface area contributed by atoms with Crippen molar-refractivity contribution in [1.29, 1.82) is 0 Å². The maximum Gasteiger partial charge on any atom is 0.408 e. The third kappa shape index (κ3) is 8.01. The fraction of sp³-hybridized carbons (Fsp3) is 0.500. The van der Waals surface area contributed by atoms with Crippen molar-refractivity contribution in [3.63, 3.8) is 0 Å². The summed E-state index contributed by atoms with van der Waals surface area (Å²) in [6, 6.07) is 13.3. The highest BCUT2D eigenvalue weighted by Crippen LogP contribution is 2.32. The lowest BCUT2D eigenvalue weighted by Crippen LogP contribution is -2.54. The highest BCUT2D eigenvalue weighted by Gasteiger charge is 2.53. The average Bonchev–Trinajstić information content (AvgIpc) is 3.59. The normalized spacial score (nSPS) is 18.9. The number of hydrogen-bond acceptors (Lipinski definition) is 7. The van der Waals surface area contributed by atoms with Gasteiger partial charge in [-0.3, -0.25) is 19.2 Å². The Bertz CT molecular complexity index is 1380. The lowest BCUT2D eigenvalue weighted by atomic mass is 10.0. The number of Topliss-reactive ketones (excluding diaryl/α,β-unsaturated/α-hetero) is 1. The first-order valence-corrected chi connectivity index (χ1v) is 15.6. The highest BCUT2D eigenvalue weighted by atomic mass is 16.5. The van der Waals surface area contributed by atoms with Gasteiger partial charge in [0.15, 0.2) is 5.78 Å². The van der Waals surface area contributed by atoms with Crippen LogP contribution in [-0.2, 0) is 25.7 Å². The van der Waals surface area contributed by atoms with E-state index in [1.807, 2.05) is 89.2 Å². The first-order valence-electron chi connectivity index (χ1n) is 15.6. The molecule has 4 rings (SSSR count). The van der Waals surface area contributed by atoms with Crippen LogP contribution in [0.25, 0.3) is 0 Å². The standard InChI is InChI=1S/C34H45N5O6/c1-21(2)18-26(35-31(41)24-12-14-25(15-13-24)37(5)6)32(42)38-17-16-27-30(38)28(40)19-39(27)33(43)29(22(3)4)36-34(44)45-20-23-10-8-7-9-11-23/h7-15,21-22,26-27,29-30H,16-20H2,1-6H3,(H,35,41)(H,36,44)/t26-,27+,29-,30?/m0/s1. The zero-order valence-corrected chi connectivity index (χ0v) is 27.0. The maximum absolute atomic E-state index is 13.9. The SMILES string of the molecule is CC(C)C[C@H](NC(=O)c1ccc(N(C)C)cc1)C(=O)N1CC[C@@H]2C1C(=O)CN2C(=O)[C@@H](NC(=O)OCc1ccccc1)C(C)C. The number of ketones is 1. The predicted octanol–water partition coefficient (Wildman–Crippen LogP) is 3.23. The number of benzene rings is 2. The Morgan fingerprint density at radius 3 is 2.18 bits per heavy atom. The van der Waals surface area contributed by atoms with E-state index in [0.29, 0.717) is 18.4 Å². The van der Waals surface area contributed by atoms with Gasteiger partial charge in [-0.05, 0) is 54.5 Å². The summed E-state index contributed by atoms with van der Waals surface area (Å²) >= 11 is 0. The molecule has 4 amide bonds. The van der Waals surface area contributed by atoms with Crippen molar-refractivity contribution < 1.29 is 28.7 Å². The molecular weight excluding hydrogens is 574 g/mol. The molecule has 0 aliphatic carbocycles. The van der Waals surface area contributed by atoms with Gasteiger partial charge in [0, 0.05) is 31.9 Å². The molecule has 2 aromatic carbocycles. The second-order valence-corrected chi connectivity index (χ2v) is 12.8. The van der Waals surface area contributed by atoms with Crippen LogP contribution in [0.15, 0.2) is 54.6 Å². The summed E-state index contributed by atoms with van der Waals surface area (Å²) in [6.07, 6.45) is 0.0981. The van der Waals surface area contributed by atoms with Gasteiger partial charge in [-0.25, -0.2) is 4.79 Å². The molecule has 2 aliphatic rings. The first kappa shape index (κ1) is 33.5. The van der Waals surface area contributed by atoms with Gasteiger partial charge in [-0.2, -0.15) is 0 Å². The minimum Gasteiger partial charge on any atom is -0.445 e. The number of likely N-dealkylation sites (tertiary alicyclic amines) is 2. The van der Waals surface area contributed by atoms with Crippen molar-refractivity contribution in [3.05, 3.63) is 65.7 Å². The zero-order valence-electron chi connectivity index (χ0n) is 27.0. The number of carbonyl (C=O) groups is 5. The van der Waals surface area contributed by atoms with Crippen LogP contribution >= 0.6 is 0 Å². The van der Waals surface area contributed by atoms with E-state index in [1.165, 1.54) is 9.80 Å². The van der Waals surface area contributed by atoms with Gasteiger partial charge in [-0.1, -0.05) is 58.0 Å². The minimum atomic E-state index is -0.906. The molecule has 0 bridgehead atoms. The van der Waals surface area contributed by atoms with Crippen LogP contribution in [0.4, 0.5) is 10.5 Å². The second-order valence-electron chi connectivity index (χ2n) is 12.8. The van der Waals surface area contributed by atoms with Gasteiger partial charge in [0.05, 0.1) is 12.6 Å². The fourth-order valence-corrected chi connectivity index (χ4v) is 5.99. The predicted molar refractivity (Wildman–Crippen MR) is 170 cm³/mol. The van der Waals surface area contributed by atoms with Crippen LogP contribution < -0.4 is 15.5 Å². The van der Waals surface area contributed by atoms with Crippen LogP contribution in [0.5, 0.6) is 0 Å². The summed E-state index contributed by atoms with van der Waals surface area (Å²) in [6.45, 7) is 7.75. The van der Waals surface area contributed by atoms with E-state index < -0.39 is 30.3 Å². The summed E-state index contributed by atoms with van der Waals surface area (Å²) in [4.78, 5) is 71.7. The molecule has 2 saturated heterocycles. The molecule has 2 N–H and O–H groups in total. The van der Waals surface area contributed by atoms with E-state index in [2.05, 4.69) is 10.6 Å². The summed E-state index contributed by atoms with van der Waals surface area (Å²) in [5.41, 5.74) is 2.20. The Kier molecular flexibility index (Phi) is 10.8. The van der Waals surface area contributed by atoms with Crippen LogP contribution in [0.3, 0.4) is 0 Å². The van der Waals surface area contributed by atoms with Gasteiger partial charge in [0.2, 0.25) is 11.8 Å². The molecule has 4 atom stereocenters. The zero-order chi connectivity index (χ0) is 32.8. The van der Waals surface area contributed by atoms with Crippen molar-refractivity contribution in [2.75, 3.05) is 32.1 Å². The van der Waals surface area contributed by atoms with Gasteiger partial charge >= 0.3 is 6.09 Å². The van der Waals surface area contributed by atoms with E-state index >= 15 is 0 Å². The Morgan fingerprint density at radius 2 is 1.58 bits per heavy atom. The number of anilines is 1. The molecule has 0 spiro atoms. The largest absolute Gasteiger partial charge is 0.445 e. The Morgan fingerprint density at radius 1 is 0.911 bits per heavy atom.